The summed E-state index contributed by atoms with van der Waals surface area (Å²) in [6.45, 7) is 8.27. The van der Waals surface area contributed by atoms with Crippen LogP contribution in [0.3, 0.4) is 0 Å². The van der Waals surface area contributed by atoms with E-state index in [4.69, 9.17) is 23.7 Å². The molecule has 1 atom stereocenters. The minimum absolute atomic E-state index is 0.253. The first-order valence-electron chi connectivity index (χ1n) is 10.3. The van der Waals surface area contributed by atoms with Crippen molar-refractivity contribution in [2.24, 2.45) is 5.92 Å². The number of esters is 1. The highest BCUT2D eigenvalue weighted by Crippen LogP contribution is 2.32. The molecule has 0 unspecified atom stereocenters. The van der Waals surface area contributed by atoms with Crippen LogP contribution in [-0.4, -0.2) is 57.4 Å². The molecule has 0 saturated heterocycles. The van der Waals surface area contributed by atoms with Gasteiger partial charge in [0, 0.05) is 6.54 Å². The predicted molar refractivity (Wildman–Crippen MR) is 124 cm³/mol. The second-order valence-corrected chi connectivity index (χ2v) is 9.21. The van der Waals surface area contributed by atoms with E-state index in [9.17, 15) is 14.4 Å². The molecule has 1 aromatic carbocycles. The van der Waals surface area contributed by atoms with Gasteiger partial charge in [0.1, 0.15) is 23.1 Å². The molecule has 0 aliphatic carbocycles. The molecule has 0 bridgehead atoms. The van der Waals surface area contributed by atoms with E-state index in [0.717, 1.165) is 10.0 Å². The lowest BCUT2D eigenvalue weighted by Crippen LogP contribution is -2.47. The summed E-state index contributed by atoms with van der Waals surface area (Å²) < 4.78 is 26.4. The standard InChI is InChI=1S/C22H33BrN2O8/c1-13(2)18(25-21(28)33-22(3,4)5)19(26)31-12-32-20(27)24-9-8-14-10-17(30-7)15(23)11-16(14)29-6/h10-11,13,18H,8-9,12H2,1-7H3,(H,24,27)(H,25,28)/t18-/m0/s1. The average molecular weight is 533 g/mol. The van der Waals surface area contributed by atoms with Crippen molar-refractivity contribution in [1.29, 1.82) is 0 Å². The zero-order chi connectivity index (χ0) is 25.2. The number of alkyl carbamates (subject to hydrolysis) is 2. The highest BCUT2D eigenvalue weighted by molar-refractivity contribution is 9.10. The maximum Gasteiger partial charge on any atom is 0.410 e. The van der Waals surface area contributed by atoms with E-state index in [1.165, 1.54) is 0 Å². The molecule has 2 N–H and O–H groups in total. The van der Waals surface area contributed by atoms with E-state index in [0.29, 0.717) is 17.9 Å². The number of benzene rings is 1. The lowest BCUT2D eigenvalue weighted by atomic mass is 10.1. The minimum Gasteiger partial charge on any atom is -0.496 e. The van der Waals surface area contributed by atoms with Crippen molar-refractivity contribution in [3.63, 3.8) is 0 Å². The van der Waals surface area contributed by atoms with E-state index in [2.05, 4.69) is 26.6 Å². The van der Waals surface area contributed by atoms with Crippen molar-refractivity contribution < 1.29 is 38.1 Å². The number of nitrogens with one attached hydrogen (secondary N) is 2. The summed E-state index contributed by atoms with van der Waals surface area (Å²) in [5.41, 5.74) is 0.125. The lowest BCUT2D eigenvalue weighted by Gasteiger charge is -2.24. The fourth-order valence-corrected chi connectivity index (χ4v) is 3.12. The molecule has 0 heterocycles. The van der Waals surface area contributed by atoms with Crippen molar-refractivity contribution in [2.75, 3.05) is 27.6 Å². The van der Waals surface area contributed by atoms with Crippen molar-refractivity contribution >= 4 is 34.1 Å². The summed E-state index contributed by atoms with van der Waals surface area (Å²) in [5, 5.41) is 5.04. The third-order valence-electron chi connectivity index (χ3n) is 4.20. The van der Waals surface area contributed by atoms with Gasteiger partial charge in [0.15, 0.2) is 0 Å². The summed E-state index contributed by atoms with van der Waals surface area (Å²) in [5.74, 6) is 0.274. The van der Waals surface area contributed by atoms with Crippen molar-refractivity contribution in [2.45, 2.75) is 52.7 Å². The highest BCUT2D eigenvalue weighted by atomic mass is 79.9. The number of methoxy groups -OCH3 is 2. The Morgan fingerprint density at radius 1 is 1.00 bits per heavy atom. The Bertz CT molecular complexity index is 823. The van der Waals surface area contributed by atoms with Gasteiger partial charge in [0.25, 0.3) is 0 Å². The van der Waals surface area contributed by atoms with E-state index in [-0.39, 0.29) is 12.5 Å². The van der Waals surface area contributed by atoms with Gasteiger partial charge in [-0.3, -0.25) is 0 Å². The Kier molecular flexibility index (Phi) is 11.3. The van der Waals surface area contributed by atoms with Gasteiger partial charge in [0.2, 0.25) is 6.79 Å². The van der Waals surface area contributed by atoms with Gasteiger partial charge < -0.3 is 34.3 Å². The van der Waals surface area contributed by atoms with Crippen LogP contribution < -0.4 is 20.1 Å². The Morgan fingerprint density at radius 2 is 1.64 bits per heavy atom. The van der Waals surface area contributed by atoms with Crippen molar-refractivity contribution in [1.82, 2.24) is 10.6 Å². The number of amides is 2. The van der Waals surface area contributed by atoms with Gasteiger partial charge in [-0.15, -0.1) is 0 Å². The summed E-state index contributed by atoms with van der Waals surface area (Å²) in [6, 6.07) is 2.63. The first kappa shape index (κ1) is 28.3. The molecule has 10 nitrogen and oxygen atoms in total. The molecule has 1 rings (SSSR count). The predicted octanol–water partition coefficient (Wildman–Crippen LogP) is 3.79. The summed E-state index contributed by atoms with van der Waals surface area (Å²) >= 11 is 3.39. The molecule has 0 spiro atoms. The molecule has 0 aromatic heterocycles. The Morgan fingerprint density at radius 3 is 2.18 bits per heavy atom. The van der Waals surface area contributed by atoms with Crippen LogP contribution in [0.15, 0.2) is 16.6 Å². The summed E-state index contributed by atoms with van der Waals surface area (Å²) in [4.78, 5) is 36.1. The molecule has 0 radical (unpaired) electrons. The maximum absolute atomic E-state index is 12.3. The number of hydrogen-bond donors (Lipinski definition) is 2. The van der Waals surface area contributed by atoms with Crippen LogP contribution >= 0.6 is 15.9 Å². The zero-order valence-corrected chi connectivity index (χ0v) is 21.7. The van der Waals surface area contributed by atoms with E-state index < -0.39 is 36.6 Å². The number of carbonyl (C=O) groups is 3. The Labute approximate surface area is 202 Å². The van der Waals surface area contributed by atoms with Crippen LogP contribution in [0.4, 0.5) is 9.59 Å². The maximum atomic E-state index is 12.3. The topological polar surface area (TPSA) is 121 Å². The molecular formula is C22H33BrN2O8. The lowest BCUT2D eigenvalue weighted by molar-refractivity contribution is -0.155. The number of carbonyl (C=O) groups excluding carboxylic acids is 3. The second kappa shape index (κ2) is 13.1. The molecule has 0 aliphatic heterocycles. The molecule has 0 aliphatic rings. The summed E-state index contributed by atoms with van der Waals surface area (Å²) in [7, 11) is 3.11. The van der Waals surface area contributed by atoms with Crippen LogP contribution in [0.25, 0.3) is 0 Å². The smallest absolute Gasteiger partial charge is 0.410 e. The minimum atomic E-state index is -0.952. The van der Waals surface area contributed by atoms with Crippen LogP contribution in [0.5, 0.6) is 11.5 Å². The number of rotatable bonds is 10. The largest absolute Gasteiger partial charge is 0.496 e. The molecule has 186 valence electrons. The summed E-state index contributed by atoms with van der Waals surface area (Å²) in [6.07, 6.45) is -1.04. The zero-order valence-electron chi connectivity index (χ0n) is 20.1. The third kappa shape index (κ3) is 10.2. The van der Waals surface area contributed by atoms with Gasteiger partial charge in [-0.25, -0.2) is 14.4 Å². The molecule has 0 saturated carbocycles. The quantitative estimate of drug-likeness (QED) is 0.344. The second-order valence-electron chi connectivity index (χ2n) is 8.36. The fraction of sp³-hybridized carbons (Fsp3) is 0.591. The molecule has 11 heteroatoms. The number of ether oxygens (including phenoxy) is 5. The average Bonchev–Trinajstić information content (AvgIpc) is 2.71. The van der Waals surface area contributed by atoms with Crippen LogP contribution in [0, 0.1) is 5.92 Å². The molecule has 33 heavy (non-hydrogen) atoms. The molecule has 2 amide bonds. The first-order valence-corrected chi connectivity index (χ1v) is 11.1. The molecule has 1 aromatic rings. The molecular weight excluding hydrogens is 500 g/mol. The van der Waals surface area contributed by atoms with Crippen molar-refractivity contribution in [3.8, 4) is 11.5 Å². The van der Waals surface area contributed by atoms with Gasteiger partial charge in [-0.2, -0.15) is 0 Å². The third-order valence-corrected chi connectivity index (χ3v) is 4.82. The number of halogens is 1. The van der Waals surface area contributed by atoms with Crippen molar-refractivity contribution in [3.05, 3.63) is 22.2 Å². The van der Waals surface area contributed by atoms with Gasteiger partial charge in [0.05, 0.1) is 18.7 Å². The van der Waals surface area contributed by atoms with E-state index in [1.54, 1.807) is 61.0 Å². The first-order chi connectivity index (χ1) is 15.4. The normalized spacial score (nSPS) is 11.9. The monoisotopic (exact) mass is 532 g/mol. The van der Waals surface area contributed by atoms with Gasteiger partial charge in [-0.05, 0) is 66.7 Å². The Hall–Kier alpha value is -2.69. The SMILES string of the molecule is COc1cc(CCNC(=O)OCOC(=O)[C@@H](NC(=O)OC(C)(C)C)C(C)C)c(OC)cc1Br. The highest BCUT2D eigenvalue weighted by Gasteiger charge is 2.28. The van der Waals surface area contributed by atoms with E-state index in [1.807, 2.05) is 0 Å². The van der Waals surface area contributed by atoms with E-state index >= 15 is 0 Å². The Balaban J connectivity index is 2.48. The van der Waals surface area contributed by atoms with Gasteiger partial charge in [-0.1, -0.05) is 13.8 Å². The van der Waals surface area contributed by atoms with Crippen LogP contribution in [0.2, 0.25) is 0 Å². The van der Waals surface area contributed by atoms with Gasteiger partial charge >= 0.3 is 18.2 Å². The molecule has 0 fully saturated rings. The van der Waals surface area contributed by atoms with Crippen LogP contribution in [0.1, 0.15) is 40.2 Å². The number of hydrogen-bond acceptors (Lipinski definition) is 8. The fourth-order valence-electron chi connectivity index (χ4n) is 2.63. The van der Waals surface area contributed by atoms with Crippen LogP contribution in [-0.2, 0) is 25.4 Å².